The summed E-state index contributed by atoms with van der Waals surface area (Å²) in [5.74, 6) is -0.597. The van der Waals surface area contributed by atoms with E-state index in [4.69, 9.17) is 9.26 Å². The molecule has 8 nitrogen and oxygen atoms in total. The number of carbonyl (C=O) groups excluding carboxylic acids is 1. The van der Waals surface area contributed by atoms with Crippen molar-refractivity contribution >= 4 is 22.6 Å². The molecular weight excluding hydrogens is 290 g/mol. The highest BCUT2D eigenvalue weighted by Gasteiger charge is 2.19. The summed E-state index contributed by atoms with van der Waals surface area (Å²) in [5, 5.41) is 14.7. The summed E-state index contributed by atoms with van der Waals surface area (Å²) in [7, 11) is 0. The van der Waals surface area contributed by atoms with Crippen LogP contribution in [-0.4, -0.2) is 47.2 Å². The second kappa shape index (κ2) is 6.99. The van der Waals surface area contributed by atoms with E-state index < -0.39 is 10.9 Å². The van der Waals surface area contributed by atoms with Crippen LogP contribution >= 0.6 is 0 Å². The molecule has 8 heteroatoms. The van der Waals surface area contributed by atoms with Crippen LogP contribution < -0.4 is 0 Å². The van der Waals surface area contributed by atoms with Crippen molar-refractivity contribution in [3.8, 4) is 0 Å². The third-order valence-electron chi connectivity index (χ3n) is 3.39. The van der Waals surface area contributed by atoms with E-state index in [0.29, 0.717) is 11.9 Å². The lowest BCUT2D eigenvalue weighted by atomic mass is 10.2. The number of ether oxygens (including phenoxy) is 1. The normalized spacial score (nSPS) is 11.0. The fourth-order valence-electron chi connectivity index (χ4n) is 2.06. The van der Waals surface area contributed by atoms with Crippen LogP contribution in [0.1, 0.15) is 24.3 Å². The van der Waals surface area contributed by atoms with Crippen LogP contribution in [0.4, 0.5) is 5.69 Å². The van der Waals surface area contributed by atoms with E-state index in [1.54, 1.807) is 0 Å². The number of benzene rings is 1. The lowest BCUT2D eigenvalue weighted by Gasteiger charge is -2.17. The molecule has 0 bridgehead atoms. The van der Waals surface area contributed by atoms with E-state index in [-0.39, 0.29) is 23.6 Å². The molecule has 0 amide bonds. The minimum absolute atomic E-state index is 0.0319. The van der Waals surface area contributed by atoms with Crippen LogP contribution in [-0.2, 0) is 4.74 Å². The Balaban J connectivity index is 2.07. The predicted octanol–water partition coefficient (Wildman–Crippen LogP) is 2.23. The molecule has 0 N–H and O–H groups in total. The molecule has 0 atom stereocenters. The van der Waals surface area contributed by atoms with Crippen molar-refractivity contribution in [2.24, 2.45) is 0 Å². The Labute approximate surface area is 126 Å². The third kappa shape index (κ3) is 3.40. The molecule has 0 radical (unpaired) electrons. The number of hydrogen-bond acceptors (Lipinski definition) is 7. The molecule has 0 spiro atoms. The number of non-ortho nitro benzene ring substituents is 1. The van der Waals surface area contributed by atoms with Gasteiger partial charge in [-0.15, -0.1) is 0 Å². The number of carbonyl (C=O) groups is 1. The van der Waals surface area contributed by atoms with Crippen molar-refractivity contribution < 1.29 is 19.0 Å². The van der Waals surface area contributed by atoms with Gasteiger partial charge in [0.15, 0.2) is 11.3 Å². The maximum atomic E-state index is 12.0. The van der Waals surface area contributed by atoms with E-state index in [2.05, 4.69) is 10.1 Å². The zero-order valence-electron chi connectivity index (χ0n) is 12.4. The van der Waals surface area contributed by atoms with Crippen LogP contribution in [0.25, 0.3) is 11.0 Å². The smallest absolute Gasteiger partial charge is 0.361 e. The SMILES string of the molecule is CCN(CC)CCOC(=O)c1noc2cc([N+](=O)[O-])ccc12. The van der Waals surface area contributed by atoms with Crippen molar-refractivity contribution in [2.45, 2.75) is 13.8 Å². The minimum Gasteiger partial charge on any atom is -0.459 e. The molecule has 0 aliphatic heterocycles. The molecule has 0 aliphatic carbocycles. The number of esters is 1. The average molecular weight is 307 g/mol. The number of nitro groups is 1. The lowest BCUT2D eigenvalue weighted by molar-refractivity contribution is -0.384. The Bertz CT molecular complexity index is 678. The van der Waals surface area contributed by atoms with Gasteiger partial charge in [-0.2, -0.15) is 0 Å². The zero-order chi connectivity index (χ0) is 16.1. The zero-order valence-corrected chi connectivity index (χ0v) is 12.4. The molecule has 1 aromatic heterocycles. The van der Waals surface area contributed by atoms with Crippen LogP contribution in [0.3, 0.4) is 0 Å². The number of likely N-dealkylation sites (N-methyl/N-ethyl adjacent to an activating group) is 1. The standard InChI is InChI=1S/C14H17N3O5/c1-3-16(4-2)7-8-21-14(18)13-11-6-5-10(17(19)20)9-12(11)22-15-13/h5-6,9H,3-4,7-8H2,1-2H3. The second-order valence-corrected chi connectivity index (χ2v) is 4.63. The van der Waals surface area contributed by atoms with Gasteiger partial charge in [0.25, 0.3) is 5.69 Å². The van der Waals surface area contributed by atoms with E-state index in [1.165, 1.54) is 18.2 Å². The number of aromatic nitrogens is 1. The molecule has 2 rings (SSSR count). The van der Waals surface area contributed by atoms with E-state index >= 15 is 0 Å². The Kier molecular flexibility index (Phi) is 5.05. The molecule has 0 saturated carbocycles. The summed E-state index contributed by atoms with van der Waals surface area (Å²) in [4.78, 5) is 24.3. The maximum absolute atomic E-state index is 12.0. The summed E-state index contributed by atoms with van der Waals surface area (Å²) in [6.45, 7) is 6.71. The Morgan fingerprint density at radius 2 is 2.14 bits per heavy atom. The van der Waals surface area contributed by atoms with Crippen molar-refractivity contribution in [1.29, 1.82) is 0 Å². The molecule has 0 unspecified atom stereocenters. The van der Waals surface area contributed by atoms with Gasteiger partial charge < -0.3 is 14.2 Å². The maximum Gasteiger partial charge on any atom is 0.361 e. The molecule has 0 aliphatic rings. The summed E-state index contributed by atoms with van der Waals surface area (Å²) in [5.41, 5.74) is 0.0967. The van der Waals surface area contributed by atoms with Gasteiger partial charge in [0.2, 0.25) is 0 Å². The van der Waals surface area contributed by atoms with Gasteiger partial charge in [-0.3, -0.25) is 10.1 Å². The number of nitrogens with zero attached hydrogens (tertiary/aromatic N) is 3. The first-order valence-corrected chi connectivity index (χ1v) is 7.00. The van der Waals surface area contributed by atoms with Crippen LogP contribution in [0.15, 0.2) is 22.7 Å². The van der Waals surface area contributed by atoms with Gasteiger partial charge in [0, 0.05) is 12.6 Å². The first-order chi connectivity index (χ1) is 10.6. The summed E-state index contributed by atoms with van der Waals surface area (Å²) in [6, 6.07) is 3.96. The Hall–Kier alpha value is -2.48. The molecule has 1 heterocycles. The highest BCUT2D eigenvalue weighted by molar-refractivity contribution is 6.01. The van der Waals surface area contributed by atoms with E-state index in [1.807, 2.05) is 13.8 Å². The first kappa shape index (κ1) is 15.9. The van der Waals surface area contributed by atoms with Gasteiger partial charge in [0.05, 0.1) is 16.4 Å². The lowest BCUT2D eigenvalue weighted by Crippen LogP contribution is -2.28. The first-order valence-electron chi connectivity index (χ1n) is 7.00. The topological polar surface area (TPSA) is 98.7 Å². The molecular formula is C14H17N3O5. The number of rotatable bonds is 7. The van der Waals surface area contributed by atoms with Crippen LogP contribution in [0.5, 0.6) is 0 Å². The highest BCUT2D eigenvalue weighted by atomic mass is 16.6. The monoisotopic (exact) mass is 307 g/mol. The van der Waals surface area contributed by atoms with E-state index in [9.17, 15) is 14.9 Å². The number of hydrogen-bond donors (Lipinski definition) is 0. The average Bonchev–Trinajstić information content (AvgIpc) is 2.94. The molecule has 22 heavy (non-hydrogen) atoms. The molecule has 118 valence electrons. The predicted molar refractivity (Wildman–Crippen MR) is 78.7 cm³/mol. The molecule has 2 aromatic rings. The van der Waals surface area contributed by atoms with E-state index in [0.717, 1.165) is 13.1 Å². The highest BCUT2D eigenvalue weighted by Crippen LogP contribution is 2.24. The van der Waals surface area contributed by atoms with Crippen molar-refractivity contribution in [1.82, 2.24) is 10.1 Å². The van der Waals surface area contributed by atoms with Crippen LogP contribution in [0.2, 0.25) is 0 Å². The van der Waals surface area contributed by atoms with Crippen LogP contribution in [0, 0.1) is 10.1 Å². The van der Waals surface area contributed by atoms with Gasteiger partial charge in [-0.05, 0) is 19.2 Å². The van der Waals surface area contributed by atoms with Gasteiger partial charge >= 0.3 is 5.97 Å². The Morgan fingerprint density at radius 3 is 2.77 bits per heavy atom. The fourth-order valence-corrected chi connectivity index (χ4v) is 2.06. The molecule has 0 fully saturated rings. The minimum atomic E-state index is -0.597. The summed E-state index contributed by atoms with van der Waals surface area (Å²) >= 11 is 0. The molecule has 0 saturated heterocycles. The third-order valence-corrected chi connectivity index (χ3v) is 3.39. The quantitative estimate of drug-likeness (QED) is 0.439. The van der Waals surface area contributed by atoms with Gasteiger partial charge in [-0.25, -0.2) is 4.79 Å². The van der Waals surface area contributed by atoms with Crippen molar-refractivity contribution in [2.75, 3.05) is 26.2 Å². The second-order valence-electron chi connectivity index (χ2n) is 4.63. The van der Waals surface area contributed by atoms with Crippen molar-refractivity contribution in [3.63, 3.8) is 0 Å². The number of fused-ring (bicyclic) bond motifs is 1. The molecule has 1 aromatic carbocycles. The van der Waals surface area contributed by atoms with Gasteiger partial charge in [0.1, 0.15) is 6.61 Å². The Morgan fingerprint density at radius 1 is 1.41 bits per heavy atom. The van der Waals surface area contributed by atoms with Gasteiger partial charge in [-0.1, -0.05) is 19.0 Å². The fraction of sp³-hybridized carbons (Fsp3) is 0.429. The van der Waals surface area contributed by atoms with Crippen molar-refractivity contribution in [3.05, 3.63) is 34.0 Å². The number of nitro benzene ring substituents is 1. The summed E-state index contributed by atoms with van der Waals surface area (Å²) in [6.07, 6.45) is 0. The largest absolute Gasteiger partial charge is 0.459 e. The summed E-state index contributed by atoms with van der Waals surface area (Å²) < 4.78 is 10.1.